The molecule has 88 valence electrons. The number of nitrogens with zero attached hydrogens (tertiary/aromatic N) is 1. The van der Waals surface area contributed by atoms with Crippen LogP contribution in [0, 0.1) is 6.92 Å². The van der Waals surface area contributed by atoms with Gasteiger partial charge in [-0.3, -0.25) is 0 Å². The number of rotatable bonds is 2. The molecule has 3 nitrogen and oxygen atoms in total. The Labute approximate surface area is 105 Å². The van der Waals surface area contributed by atoms with Gasteiger partial charge in [0.2, 0.25) is 9.84 Å². The second-order valence-corrected chi connectivity index (χ2v) is 5.96. The topological polar surface area (TPSA) is 47.0 Å². The molecule has 0 fully saturated rings. The first-order valence-corrected chi connectivity index (χ1v) is 6.79. The Hall–Kier alpha value is -1.39. The van der Waals surface area contributed by atoms with E-state index in [0.29, 0.717) is 5.02 Å². The molecule has 0 unspecified atom stereocenters. The third-order valence-corrected chi connectivity index (χ3v) is 4.22. The number of pyridine rings is 1. The number of halogens is 1. The van der Waals surface area contributed by atoms with Gasteiger partial charge in [0.15, 0.2) is 5.03 Å². The Balaban J connectivity index is 2.50. The highest BCUT2D eigenvalue weighted by Crippen LogP contribution is 2.20. The molecule has 0 aliphatic rings. The molecule has 0 radical (unpaired) electrons. The number of hydrogen-bond acceptors (Lipinski definition) is 3. The summed E-state index contributed by atoms with van der Waals surface area (Å²) in [6.07, 6.45) is 1.32. The van der Waals surface area contributed by atoms with Gasteiger partial charge in [0, 0.05) is 6.20 Å². The van der Waals surface area contributed by atoms with Crippen molar-refractivity contribution in [1.82, 2.24) is 4.98 Å². The van der Waals surface area contributed by atoms with E-state index in [1.165, 1.54) is 18.3 Å². The van der Waals surface area contributed by atoms with Crippen LogP contribution >= 0.6 is 11.6 Å². The SMILES string of the molecule is Cc1ccc(S(=O)(=O)c2ccc(Cl)cn2)cc1. The molecule has 0 amide bonds. The third kappa shape index (κ3) is 2.48. The van der Waals surface area contributed by atoms with E-state index in [4.69, 9.17) is 11.6 Å². The summed E-state index contributed by atoms with van der Waals surface area (Å²) in [5.41, 5.74) is 1.01. The quantitative estimate of drug-likeness (QED) is 0.841. The molecule has 1 aromatic heterocycles. The second-order valence-electron chi connectivity index (χ2n) is 3.63. The average Bonchev–Trinajstić information content (AvgIpc) is 2.30. The van der Waals surface area contributed by atoms with E-state index in [2.05, 4.69) is 4.98 Å². The molecular weight excluding hydrogens is 258 g/mol. The lowest BCUT2D eigenvalue weighted by atomic mass is 10.2. The van der Waals surface area contributed by atoms with Gasteiger partial charge in [-0.2, -0.15) is 0 Å². The molecule has 0 aliphatic heterocycles. The van der Waals surface area contributed by atoms with Gasteiger partial charge in [-0.15, -0.1) is 0 Å². The first-order valence-electron chi connectivity index (χ1n) is 4.93. The lowest BCUT2D eigenvalue weighted by Crippen LogP contribution is -2.03. The molecule has 17 heavy (non-hydrogen) atoms. The fourth-order valence-corrected chi connectivity index (χ4v) is 2.65. The van der Waals surface area contributed by atoms with Crippen LogP contribution in [-0.2, 0) is 9.84 Å². The van der Waals surface area contributed by atoms with Crippen molar-refractivity contribution in [3.8, 4) is 0 Å². The van der Waals surface area contributed by atoms with Crippen molar-refractivity contribution in [2.75, 3.05) is 0 Å². The van der Waals surface area contributed by atoms with Gasteiger partial charge in [-0.05, 0) is 31.2 Å². The van der Waals surface area contributed by atoms with Gasteiger partial charge in [-0.25, -0.2) is 13.4 Å². The van der Waals surface area contributed by atoms with Crippen molar-refractivity contribution in [3.05, 3.63) is 53.2 Å². The molecule has 0 aliphatic carbocycles. The fraction of sp³-hybridized carbons (Fsp3) is 0.0833. The molecular formula is C12H10ClNO2S. The maximum Gasteiger partial charge on any atom is 0.223 e. The van der Waals surface area contributed by atoms with Crippen LogP contribution in [0.15, 0.2) is 52.5 Å². The van der Waals surface area contributed by atoms with E-state index < -0.39 is 9.84 Å². The Bertz CT molecular complexity index is 567. The zero-order valence-corrected chi connectivity index (χ0v) is 10.7. The Morgan fingerprint density at radius 2 is 1.71 bits per heavy atom. The summed E-state index contributed by atoms with van der Waals surface area (Å²) in [5.74, 6) is 0. The molecule has 1 heterocycles. The Morgan fingerprint density at radius 3 is 2.24 bits per heavy atom. The summed E-state index contributed by atoms with van der Waals surface area (Å²) in [4.78, 5) is 4.06. The zero-order chi connectivity index (χ0) is 12.5. The van der Waals surface area contributed by atoms with Crippen molar-refractivity contribution in [1.29, 1.82) is 0 Å². The third-order valence-electron chi connectivity index (χ3n) is 2.31. The van der Waals surface area contributed by atoms with E-state index in [0.717, 1.165) is 5.56 Å². The predicted molar refractivity (Wildman–Crippen MR) is 65.9 cm³/mol. The minimum absolute atomic E-state index is 0.00533. The average molecular weight is 268 g/mol. The van der Waals surface area contributed by atoms with Crippen LogP contribution in [0.4, 0.5) is 0 Å². The summed E-state index contributed by atoms with van der Waals surface area (Å²) >= 11 is 5.67. The van der Waals surface area contributed by atoms with Gasteiger partial charge in [-0.1, -0.05) is 29.3 Å². The summed E-state index contributed by atoms with van der Waals surface area (Å²) in [6, 6.07) is 9.56. The molecule has 2 rings (SSSR count). The lowest BCUT2D eigenvalue weighted by molar-refractivity contribution is 0.592. The van der Waals surface area contributed by atoms with Crippen LogP contribution in [0.1, 0.15) is 5.56 Å². The molecule has 0 atom stereocenters. The number of benzene rings is 1. The molecule has 0 spiro atoms. The number of aryl methyl sites for hydroxylation is 1. The first-order chi connectivity index (χ1) is 8.00. The summed E-state index contributed by atoms with van der Waals surface area (Å²) in [6.45, 7) is 1.90. The predicted octanol–water partition coefficient (Wildman–Crippen LogP) is 2.88. The fourth-order valence-electron chi connectivity index (χ4n) is 1.36. The largest absolute Gasteiger partial charge is 0.243 e. The first kappa shape index (κ1) is 12.1. The van der Waals surface area contributed by atoms with Crippen LogP contribution in [0.5, 0.6) is 0 Å². The van der Waals surface area contributed by atoms with Crippen molar-refractivity contribution in [3.63, 3.8) is 0 Å². The smallest absolute Gasteiger partial charge is 0.223 e. The number of hydrogen-bond donors (Lipinski definition) is 0. The van der Waals surface area contributed by atoms with E-state index in [1.807, 2.05) is 6.92 Å². The van der Waals surface area contributed by atoms with Crippen molar-refractivity contribution < 1.29 is 8.42 Å². The maximum absolute atomic E-state index is 12.2. The van der Waals surface area contributed by atoms with Gasteiger partial charge < -0.3 is 0 Å². The molecule has 0 bridgehead atoms. The van der Waals surface area contributed by atoms with E-state index in [9.17, 15) is 8.42 Å². The number of sulfone groups is 1. The second kappa shape index (κ2) is 4.47. The highest BCUT2D eigenvalue weighted by Gasteiger charge is 2.18. The molecule has 2 aromatic rings. The van der Waals surface area contributed by atoms with Crippen LogP contribution in [-0.4, -0.2) is 13.4 Å². The summed E-state index contributed by atoms with van der Waals surface area (Å²) < 4.78 is 24.3. The van der Waals surface area contributed by atoms with Gasteiger partial charge in [0.05, 0.1) is 9.92 Å². The van der Waals surface area contributed by atoms with Crippen molar-refractivity contribution in [2.45, 2.75) is 16.8 Å². The van der Waals surface area contributed by atoms with Gasteiger partial charge in [0.1, 0.15) is 0 Å². The normalized spacial score (nSPS) is 11.4. The van der Waals surface area contributed by atoms with Crippen LogP contribution < -0.4 is 0 Å². The molecule has 0 saturated heterocycles. The summed E-state index contributed by atoms with van der Waals surface area (Å²) in [7, 11) is -3.54. The maximum atomic E-state index is 12.2. The van der Waals surface area contributed by atoms with E-state index in [1.54, 1.807) is 24.3 Å². The van der Waals surface area contributed by atoms with Crippen LogP contribution in [0.3, 0.4) is 0 Å². The molecule has 1 aromatic carbocycles. The summed E-state index contributed by atoms with van der Waals surface area (Å²) in [5, 5.41) is 0.415. The van der Waals surface area contributed by atoms with E-state index >= 15 is 0 Å². The minimum atomic E-state index is -3.54. The number of aromatic nitrogens is 1. The van der Waals surface area contributed by atoms with Gasteiger partial charge in [0.25, 0.3) is 0 Å². The zero-order valence-electron chi connectivity index (χ0n) is 9.09. The molecule has 0 N–H and O–H groups in total. The Morgan fingerprint density at radius 1 is 1.06 bits per heavy atom. The standard InChI is InChI=1S/C12H10ClNO2S/c1-9-2-5-11(6-3-9)17(15,16)12-7-4-10(13)8-14-12/h2-8H,1H3. The van der Waals surface area contributed by atoms with Crippen molar-refractivity contribution in [2.24, 2.45) is 0 Å². The minimum Gasteiger partial charge on any atom is -0.243 e. The lowest BCUT2D eigenvalue weighted by Gasteiger charge is -2.03. The molecule has 0 saturated carbocycles. The highest BCUT2D eigenvalue weighted by molar-refractivity contribution is 7.91. The van der Waals surface area contributed by atoms with Crippen molar-refractivity contribution >= 4 is 21.4 Å². The van der Waals surface area contributed by atoms with Gasteiger partial charge >= 0.3 is 0 Å². The molecule has 5 heteroatoms. The Kier molecular flexibility index (Phi) is 3.17. The highest BCUT2D eigenvalue weighted by atomic mass is 35.5. The monoisotopic (exact) mass is 267 g/mol. The van der Waals surface area contributed by atoms with Crippen LogP contribution in [0.25, 0.3) is 0 Å². The van der Waals surface area contributed by atoms with E-state index in [-0.39, 0.29) is 9.92 Å². The van der Waals surface area contributed by atoms with Crippen LogP contribution in [0.2, 0.25) is 5.02 Å².